The molecule has 0 saturated carbocycles. The molecule has 1 aromatic carbocycles. The molecule has 0 aliphatic rings. The molecule has 92 valence electrons. The first-order chi connectivity index (χ1) is 8.56. The number of nitrogens with zero attached hydrogens (tertiary/aromatic N) is 2. The highest BCUT2D eigenvalue weighted by Crippen LogP contribution is 2.30. The first kappa shape index (κ1) is 12.8. The summed E-state index contributed by atoms with van der Waals surface area (Å²) in [5, 5.41) is 7.73. The minimum atomic E-state index is -0.150. The second-order valence-electron chi connectivity index (χ2n) is 3.31. The molecule has 2 aromatic rings. The van der Waals surface area contributed by atoms with Crippen molar-refractivity contribution < 1.29 is 4.74 Å². The van der Waals surface area contributed by atoms with Gasteiger partial charge in [0.25, 0.3) is 0 Å². The van der Waals surface area contributed by atoms with Gasteiger partial charge in [-0.15, -0.1) is 0 Å². The van der Waals surface area contributed by atoms with Crippen molar-refractivity contribution in [2.45, 2.75) is 0 Å². The van der Waals surface area contributed by atoms with E-state index in [1.165, 1.54) is 12.3 Å². The van der Waals surface area contributed by atoms with Gasteiger partial charge in [0.2, 0.25) is 0 Å². The van der Waals surface area contributed by atoms with Crippen LogP contribution in [0, 0.1) is 5.41 Å². The van der Waals surface area contributed by atoms with Gasteiger partial charge >= 0.3 is 6.01 Å². The van der Waals surface area contributed by atoms with Crippen LogP contribution in [0.25, 0.3) is 0 Å². The van der Waals surface area contributed by atoms with Gasteiger partial charge in [0.05, 0.1) is 5.02 Å². The van der Waals surface area contributed by atoms with Crippen molar-refractivity contribution in [3.05, 3.63) is 45.7 Å². The molecular weight excluding hydrogens is 320 g/mol. The van der Waals surface area contributed by atoms with Gasteiger partial charge in [0, 0.05) is 10.7 Å². The first-order valence-electron chi connectivity index (χ1n) is 4.86. The van der Waals surface area contributed by atoms with Gasteiger partial charge in [-0.05, 0) is 24.3 Å². The fourth-order valence-corrected chi connectivity index (χ4v) is 1.69. The number of amidine groups is 1. The number of hydrogen-bond acceptors (Lipinski definition) is 4. The van der Waals surface area contributed by atoms with Gasteiger partial charge in [-0.25, -0.2) is 4.98 Å². The predicted octanol–water partition coefficient (Wildman–Crippen LogP) is 2.97. The average Bonchev–Trinajstić information content (AvgIpc) is 2.34. The number of aromatic nitrogens is 2. The number of nitrogen functional groups attached to an aromatic ring is 1. The van der Waals surface area contributed by atoms with Crippen molar-refractivity contribution in [2.24, 2.45) is 5.73 Å². The third kappa shape index (κ3) is 2.96. The summed E-state index contributed by atoms with van der Waals surface area (Å²) in [4.78, 5) is 7.91. The SMILES string of the molecule is N=C(N)c1ccnc(Oc2cc(Br)ccc2Cl)n1. The summed E-state index contributed by atoms with van der Waals surface area (Å²) >= 11 is 9.29. The lowest BCUT2D eigenvalue weighted by atomic mass is 10.3. The maximum atomic E-state index is 7.29. The topological polar surface area (TPSA) is 84.9 Å². The lowest BCUT2D eigenvalue weighted by Crippen LogP contribution is -2.13. The molecule has 0 atom stereocenters. The summed E-state index contributed by atoms with van der Waals surface area (Å²) in [7, 11) is 0. The monoisotopic (exact) mass is 326 g/mol. The fraction of sp³-hybridized carbons (Fsp3) is 0. The Labute approximate surface area is 117 Å². The van der Waals surface area contributed by atoms with E-state index in [2.05, 4.69) is 25.9 Å². The van der Waals surface area contributed by atoms with Crippen LogP contribution in [0.1, 0.15) is 5.69 Å². The minimum absolute atomic E-state index is 0.0858. The molecule has 0 unspecified atom stereocenters. The van der Waals surface area contributed by atoms with E-state index < -0.39 is 0 Å². The Bertz CT molecular complexity index is 605. The first-order valence-corrected chi connectivity index (χ1v) is 6.03. The Morgan fingerprint density at radius 1 is 1.39 bits per heavy atom. The molecule has 0 aliphatic carbocycles. The molecule has 2 rings (SSSR count). The van der Waals surface area contributed by atoms with Gasteiger partial charge in [-0.2, -0.15) is 4.98 Å². The number of hydrogen-bond donors (Lipinski definition) is 2. The van der Waals surface area contributed by atoms with Crippen molar-refractivity contribution in [3.63, 3.8) is 0 Å². The van der Waals surface area contributed by atoms with Crippen molar-refractivity contribution in [1.29, 1.82) is 5.41 Å². The number of rotatable bonds is 3. The highest BCUT2D eigenvalue weighted by Gasteiger charge is 2.07. The smallest absolute Gasteiger partial charge is 0.322 e. The van der Waals surface area contributed by atoms with Gasteiger partial charge in [-0.1, -0.05) is 27.5 Å². The highest BCUT2D eigenvalue weighted by atomic mass is 79.9. The van der Waals surface area contributed by atoms with Crippen LogP contribution in [-0.2, 0) is 0 Å². The number of benzene rings is 1. The van der Waals surface area contributed by atoms with Crippen molar-refractivity contribution in [3.8, 4) is 11.8 Å². The van der Waals surface area contributed by atoms with E-state index in [0.29, 0.717) is 16.5 Å². The quantitative estimate of drug-likeness (QED) is 0.670. The number of ether oxygens (including phenoxy) is 1. The van der Waals surface area contributed by atoms with Crippen molar-refractivity contribution in [2.75, 3.05) is 0 Å². The lowest BCUT2D eigenvalue weighted by Gasteiger charge is -2.06. The normalized spacial score (nSPS) is 10.1. The lowest BCUT2D eigenvalue weighted by molar-refractivity contribution is 0.441. The maximum absolute atomic E-state index is 7.29. The highest BCUT2D eigenvalue weighted by molar-refractivity contribution is 9.10. The summed E-state index contributed by atoms with van der Waals surface area (Å²) in [6.45, 7) is 0. The summed E-state index contributed by atoms with van der Waals surface area (Å²) < 4.78 is 6.27. The summed E-state index contributed by atoms with van der Waals surface area (Å²) in [5.41, 5.74) is 5.63. The van der Waals surface area contributed by atoms with Crippen LogP contribution in [0.15, 0.2) is 34.9 Å². The van der Waals surface area contributed by atoms with E-state index in [1.807, 2.05) is 0 Å². The third-order valence-corrected chi connectivity index (χ3v) is 2.81. The predicted molar refractivity (Wildman–Crippen MR) is 72.3 cm³/mol. The molecule has 0 amide bonds. The van der Waals surface area contributed by atoms with Crippen LogP contribution < -0.4 is 10.5 Å². The molecule has 0 radical (unpaired) electrons. The zero-order valence-electron chi connectivity index (χ0n) is 9.02. The molecule has 7 heteroatoms. The van der Waals surface area contributed by atoms with Gasteiger partial charge < -0.3 is 10.5 Å². The fourth-order valence-electron chi connectivity index (χ4n) is 1.19. The Balaban J connectivity index is 2.31. The molecule has 1 heterocycles. The molecular formula is C11H8BrClN4O. The van der Waals surface area contributed by atoms with Crippen LogP contribution in [-0.4, -0.2) is 15.8 Å². The Morgan fingerprint density at radius 2 is 2.17 bits per heavy atom. The number of halogens is 2. The Morgan fingerprint density at radius 3 is 2.89 bits per heavy atom. The van der Waals surface area contributed by atoms with E-state index in [9.17, 15) is 0 Å². The summed E-state index contributed by atoms with van der Waals surface area (Å²) in [5.74, 6) is 0.273. The second-order valence-corrected chi connectivity index (χ2v) is 4.64. The maximum Gasteiger partial charge on any atom is 0.322 e. The molecule has 0 aliphatic heterocycles. The Hall–Kier alpha value is -1.66. The third-order valence-electron chi connectivity index (χ3n) is 2.00. The summed E-state index contributed by atoms with van der Waals surface area (Å²) in [6, 6.07) is 6.80. The van der Waals surface area contributed by atoms with E-state index in [1.54, 1.807) is 18.2 Å². The molecule has 0 fully saturated rings. The van der Waals surface area contributed by atoms with Crippen molar-refractivity contribution >= 4 is 33.4 Å². The van der Waals surface area contributed by atoms with E-state index in [-0.39, 0.29) is 11.8 Å². The van der Waals surface area contributed by atoms with Gasteiger partial charge in [-0.3, -0.25) is 5.41 Å². The number of nitrogens with two attached hydrogens (primary N) is 1. The largest absolute Gasteiger partial charge is 0.423 e. The van der Waals surface area contributed by atoms with Crippen molar-refractivity contribution in [1.82, 2.24) is 9.97 Å². The molecule has 0 bridgehead atoms. The van der Waals surface area contributed by atoms with Crippen LogP contribution in [0.4, 0.5) is 0 Å². The molecule has 5 nitrogen and oxygen atoms in total. The van der Waals surface area contributed by atoms with E-state index in [4.69, 9.17) is 27.5 Å². The van der Waals surface area contributed by atoms with E-state index >= 15 is 0 Å². The second kappa shape index (κ2) is 5.32. The van der Waals surface area contributed by atoms with Gasteiger partial charge in [0.1, 0.15) is 11.5 Å². The van der Waals surface area contributed by atoms with Crippen LogP contribution >= 0.6 is 27.5 Å². The van der Waals surface area contributed by atoms with Gasteiger partial charge in [0.15, 0.2) is 5.75 Å². The minimum Gasteiger partial charge on any atom is -0.423 e. The van der Waals surface area contributed by atoms with E-state index in [0.717, 1.165) is 4.47 Å². The zero-order chi connectivity index (χ0) is 13.1. The zero-order valence-corrected chi connectivity index (χ0v) is 11.4. The summed E-state index contributed by atoms with van der Waals surface area (Å²) in [6.07, 6.45) is 1.46. The molecule has 0 spiro atoms. The average molecular weight is 328 g/mol. The molecule has 1 aromatic heterocycles. The van der Waals surface area contributed by atoms with Crippen LogP contribution in [0.2, 0.25) is 5.02 Å². The van der Waals surface area contributed by atoms with Crippen LogP contribution in [0.5, 0.6) is 11.8 Å². The Kier molecular flexibility index (Phi) is 3.78. The van der Waals surface area contributed by atoms with Crippen LogP contribution in [0.3, 0.4) is 0 Å². The molecule has 3 N–H and O–H groups in total. The number of nitrogens with one attached hydrogen (secondary N) is 1. The molecule has 0 saturated heterocycles. The molecule has 18 heavy (non-hydrogen) atoms. The standard InChI is InChI=1S/C11H8BrClN4O/c12-6-1-2-7(13)9(5-6)18-11-16-4-3-8(17-11)10(14)15/h1-5H,(H3,14,15).